The fraction of sp³-hybridized carbons (Fsp3) is 0.250. The third-order valence-electron chi connectivity index (χ3n) is 5.13. The van der Waals surface area contributed by atoms with Gasteiger partial charge in [0.25, 0.3) is 5.91 Å². The van der Waals surface area contributed by atoms with Gasteiger partial charge in [0, 0.05) is 24.7 Å². The highest BCUT2D eigenvalue weighted by atomic mass is 32.2. The number of carbonyl (C=O) groups excluding carboxylic acids is 1. The molecule has 0 unspecified atom stereocenters. The van der Waals surface area contributed by atoms with Gasteiger partial charge in [0.2, 0.25) is 0 Å². The van der Waals surface area contributed by atoms with Crippen molar-refractivity contribution in [2.24, 2.45) is 0 Å². The molecule has 7 heteroatoms. The maximum Gasteiger partial charge on any atom is 0.259 e. The topological polar surface area (TPSA) is 73.9 Å². The molecule has 3 heterocycles. The summed E-state index contributed by atoms with van der Waals surface area (Å²) in [6.45, 7) is 0.811. The van der Waals surface area contributed by atoms with Crippen LogP contribution in [0.1, 0.15) is 23.6 Å². The van der Waals surface area contributed by atoms with Crippen molar-refractivity contribution in [1.29, 1.82) is 0 Å². The van der Waals surface area contributed by atoms with E-state index in [2.05, 4.69) is 38.5 Å². The van der Waals surface area contributed by atoms with Crippen LogP contribution in [-0.2, 0) is 11.2 Å². The molecule has 0 bridgehead atoms. The highest BCUT2D eigenvalue weighted by molar-refractivity contribution is 8.04. The van der Waals surface area contributed by atoms with Crippen LogP contribution in [-0.4, -0.2) is 33.2 Å². The Bertz CT molecular complexity index is 1040. The maximum absolute atomic E-state index is 12.9. The van der Waals surface area contributed by atoms with Gasteiger partial charge in [-0.2, -0.15) is 0 Å². The third-order valence-corrected chi connectivity index (χ3v) is 6.12. The quantitative estimate of drug-likeness (QED) is 0.733. The molecule has 1 aromatic carbocycles. The molecular weight excluding hydrogens is 358 g/mol. The van der Waals surface area contributed by atoms with Crippen molar-refractivity contribution in [2.45, 2.75) is 18.9 Å². The van der Waals surface area contributed by atoms with Crippen molar-refractivity contribution in [1.82, 2.24) is 20.3 Å². The van der Waals surface area contributed by atoms with Crippen molar-refractivity contribution in [3.05, 3.63) is 65.1 Å². The van der Waals surface area contributed by atoms with E-state index in [0.717, 1.165) is 46.9 Å². The van der Waals surface area contributed by atoms with Gasteiger partial charge in [-0.15, -0.1) is 11.8 Å². The SMILES string of the molecule is O=C(N[C@H]1CCc2ccccc21)C1=CN(c2ncnc3[nH]ccc23)CCS1. The summed E-state index contributed by atoms with van der Waals surface area (Å²) in [7, 11) is 0. The van der Waals surface area contributed by atoms with Crippen molar-refractivity contribution in [3.63, 3.8) is 0 Å². The van der Waals surface area contributed by atoms with Crippen LogP contribution in [0, 0.1) is 0 Å². The summed E-state index contributed by atoms with van der Waals surface area (Å²) in [6.07, 6.45) is 7.31. The average Bonchev–Trinajstić information content (AvgIpc) is 3.35. The van der Waals surface area contributed by atoms with Gasteiger partial charge in [-0.3, -0.25) is 4.79 Å². The summed E-state index contributed by atoms with van der Waals surface area (Å²) in [5.74, 6) is 1.67. The number of carbonyl (C=O) groups is 1. The van der Waals surface area contributed by atoms with Crippen molar-refractivity contribution < 1.29 is 4.79 Å². The lowest BCUT2D eigenvalue weighted by molar-refractivity contribution is -0.117. The molecule has 2 N–H and O–H groups in total. The van der Waals surface area contributed by atoms with Crippen LogP contribution < -0.4 is 10.2 Å². The number of benzene rings is 1. The molecule has 1 atom stereocenters. The zero-order valence-electron chi connectivity index (χ0n) is 14.7. The number of H-pyrrole nitrogens is 1. The Morgan fingerprint density at radius 2 is 2.19 bits per heavy atom. The monoisotopic (exact) mass is 377 g/mol. The smallest absolute Gasteiger partial charge is 0.259 e. The number of aromatic amines is 1. The molecule has 1 amide bonds. The number of rotatable bonds is 3. The van der Waals surface area contributed by atoms with Crippen molar-refractivity contribution >= 4 is 34.5 Å². The second kappa shape index (κ2) is 6.74. The summed E-state index contributed by atoms with van der Waals surface area (Å²) in [4.78, 5) is 27.5. The van der Waals surface area contributed by atoms with Crippen LogP contribution in [0.3, 0.4) is 0 Å². The number of aryl methyl sites for hydroxylation is 1. The van der Waals surface area contributed by atoms with E-state index >= 15 is 0 Å². The van der Waals surface area contributed by atoms with Gasteiger partial charge in [-0.05, 0) is 30.0 Å². The Kier molecular flexibility index (Phi) is 4.09. The lowest BCUT2D eigenvalue weighted by Gasteiger charge is -2.26. The number of thioether (sulfide) groups is 1. The number of anilines is 1. The molecule has 27 heavy (non-hydrogen) atoms. The lowest BCUT2D eigenvalue weighted by Crippen LogP contribution is -2.32. The summed E-state index contributed by atoms with van der Waals surface area (Å²) < 4.78 is 0. The van der Waals surface area contributed by atoms with Crippen LogP contribution in [0.25, 0.3) is 11.0 Å². The van der Waals surface area contributed by atoms with Crippen LogP contribution in [0.5, 0.6) is 0 Å². The molecule has 2 aliphatic rings. The molecule has 6 nitrogen and oxygen atoms in total. The van der Waals surface area contributed by atoms with Gasteiger partial charge in [0.15, 0.2) is 0 Å². The maximum atomic E-state index is 12.9. The van der Waals surface area contributed by atoms with E-state index in [1.807, 2.05) is 29.4 Å². The predicted octanol–water partition coefficient (Wildman–Crippen LogP) is 3.16. The Labute approximate surface area is 161 Å². The normalized spacial score (nSPS) is 19.0. The van der Waals surface area contributed by atoms with E-state index in [4.69, 9.17) is 0 Å². The zero-order valence-corrected chi connectivity index (χ0v) is 15.5. The van der Waals surface area contributed by atoms with Crippen LogP contribution in [0.4, 0.5) is 5.82 Å². The van der Waals surface area contributed by atoms with Crippen LogP contribution in [0.15, 0.2) is 54.0 Å². The van der Waals surface area contributed by atoms with Gasteiger partial charge < -0.3 is 15.2 Å². The fourth-order valence-corrected chi connectivity index (χ4v) is 4.71. The Balaban J connectivity index is 1.39. The number of nitrogens with zero attached hydrogens (tertiary/aromatic N) is 3. The summed E-state index contributed by atoms with van der Waals surface area (Å²) in [5, 5.41) is 4.18. The average molecular weight is 377 g/mol. The van der Waals surface area contributed by atoms with Crippen LogP contribution in [0.2, 0.25) is 0 Å². The van der Waals surface area contributed by atoms with Crippen LogP contribution >= 0.6 is 11.8 Å². The van der Waals surface area contributed by atoms with Gasteiger partial charge in [-0.1, -0.05) is 24.3 Å². The van der Waals surface area contributed by atoms with Gasteiger partial charge in [-0.25, -0.2) is 9.97 Å². The number of nitrogens with one attached hydrogen (secondary N) is 2. The highest BCUT2D eigenvalue weighted by Crippen LogP contribution is 2.33. The van der Waals surface area contributed by atoms with Crippen molar-refractivity contribution in [3.8, 4) is 0 Å². The summed E-state index contributed by atoms with van der Waals surface area (Å²) in [6, 6.07) is 10.4. The van der Waals surface area contributed by atoms with Gasteiger partial charge in [0.05, 0.1) is 16.3 Å². The Hall–Kier alpha value is -2.80. The molecule has 0 fully saturated rings. The molecule has 0 saturated carbocycles. The molecule has 136 valence electrons. The Morgan fingerprint density at radius 1 is 1.26 bits per heavy atom. The minimum absolute atomic E-state index is 0.00854. The highest BCUT2D eigenvalue weighted by Gasteiger charge is 2.26. The second-order valence-corrected chi connectivity index (χ2v) is 7.87. The number of aromatic nitrogens is 3. The Morgan fingerprint density at radius 3 is 3.15 bits per heavy atom. The van der Waals surface area contributed by atoms with E-state index in [-0.39, 0.29) is 11.9 Å². The first-order chi connectivity index (χ1) is 13.3. The summed E-state index contributed by atoms with van der Waals surface area (Å²) >= 11 is 1.60. The lowest BCUT2D eigenvalue weighted by atomic mass is 10.1. The van der Waals surface area contributed by atoms with Crippen molar-refractivity contribution in [2.75, 3.05) is 17.2 Å². The fourth-order valence-electron chi connectivity index (χ4n) is 3.81. The predicted molar refractivity (Wildman–Crippen MR) is 107 cm³/mol. The largest absolute Gasteiger partial charge is 0.346 e. The minimum atomic E-state index is -0.00854. The van der Waals surface area contributed by atoms with Gasteiger partial charge >= 0.3 is 0 Å². The molecule has 0 radical (unpaired) electrons. The zero-order chi connectivity index (χ0) is 18.2. The number of hydrogen-bond acceptors (Lipinski definition) is 5. The standard InChI is InChI=1S/C20H19N5OS/c26-20(24-16-6-5-13-3-1-2-4-14(13)16)17-11-25(9-10-27-17)19-15-7-8-21-18(15)22-12-23-19/h1-4,7-8,11-12,16H,5-6,9-10H2,(H,24,26)(H,21,22,23)/t16-/m0/s1. The first-order valence-corrected chi connectivity index (χ1v) is 10.1. The first kappa shape index (κ1) is 16.4. The molecule has 0 saturated heterocycles. The summed E-state index contributed by atoms with van der Waals surface area (Å²) in [5.41, 5.74) is 3.39. The molecule has 5 rings (SSSR count). The second-order valence-electron chi connectivity index (χ2n) is 6.74. The molecule has 3 aromatic rings. The molecular formula is C20H19N5OS. The molecule has 0 spiro atoms. The van der Waals surface area contributed by atoms with E-state index in [1.165, 1.54) is 11.1 Å². The van der Waals surface area contributed by atoms with Gasteiger partial charge in [0.1, 0.15) is 17.8 Å². The number of amides is 1. The molecule has 2 aromatic heterocycles. The number of fused-ring (bicyclic) bond motifs is 2. The third kappa shape index (κ3) is 2.98. The first-order valence-electron chi connectivity index (χ1n) is 9.07. The molecule has 1 aliphatic carbocycles. The van der Waals surface area contributed by atoms with E-state index < -0.39 is 0 Å². The number of hydrogen-bond donors (Lipinski definition) is 2. The minimum Gasteiger partial charge on any atom is -0.346 e. The van der Waals surface area contributed by atoms with E-state index in [0.29, 0.717) is 0 Å². The molecule has 1 aliphatic heterocycles. The van der Waals surface area contributed by atoms with E-state index in [9.17, 15) is 4.79 Å². The van der Waals surface area contributed by atoms with E-state index in [1.54, 1.807) is 18.1 Å².